The molecule has 1 aromatic carbocycles. The average molecular weight is 242 g/mol. The van der Waals surface area contributed by atoms with Crippen LogP contribution in [0.15, 0.2) is 18.2 Å². The summed E-state index contributed by atoms with van der Waals surface area (Å²) >= 11 is 11.7. The lowest BCUT2D eigenvalue weighted by molar-refractivity contribution is 0.514. The van der Waals surface area contributed by atoms with Crippen LogP contribution < -0.4 is 0 Å². The first kappa shape index (κ1) is 12.4. The molecule has 0 spiro atoms. The fourth-order valence-electron chi connectivity index (χ4n) is 1.47. The lowest BCUT2D eigenvalue weighted by Gasteiger charge is -2.16. The molecule has 15 heavy (non-hydrogen) atoms. The van der Waals surface area contributed by atoms with Crippen LogP contribution >= 0.6 is 23.2 Å². The SMILES string of the molecule is CCC(C)C(C#N)c1ccc(Cl)c(Cl)c1. The Kier molecular flexibility index (Phi) is 4.45. The van der Waals surface area contributed by atoms with Crippen molar-refractivity contribution in [2.75, 3.05) is 0 Å². The first-order chi connectivity index (χ1) is 7.10. The zero-order valence-electron chi connectivity index (χ0n) is 8.80. The Labute approximate surface area is 101 Å². The number of hydrogen-bond donors (Lipinski definition) is 0. The van der Waals surface area contributed by atoms with Crippen LogP contribution in [0.1, 0.15) is 31.7 Å². The number of hydrogen-bond acceptors (Lipinski definition) is 1. The van der Waals surface area contributed by atoms with E-state index in [9.17, 15) is 0 Å². The van der Waals surface area contributed by atoms with Gasteiger partial charge in [0.1, 0.15) is 0 Å². The van der Waals surface area contributed by atoms with Crippen molar-refractivity contribution < 1.29 is 0 Å². The molecule has 0 amide bonds. The minimum Gasteiger partial charge on any atom is -0.198 e. The molecule has 0 N–H and O–H groups in total. The quantitative estimate of drug-likeness (QED) is 0.756. The summed E-state index contributed by atoms with van der Waals surface area (Å²) in [6.07, 6.45) is 0.971. The third-order valence-corrected chi connectivity index (χ3v) is 3.39. The van der Waals surface area contributed by atoms with Crippen LogP contribution in [0.4, 0.5) is 0 Å². The molecule has 0 aliphatic carbocycles. The molecule has 0 heterocycles. The molecule has 80 valence electrons. The largest absolute Gasteiger partial charge is 0.198 e. The highest BCUT2D eigenvalue weighted by atomic mass is 35.5. The lowest BCUT2D eigenvalue weighted by Crippen LogP contribution is -2.06. The lowest BCUT2D eigenvalue weighted by atomic mass is 9.87. The molecule has 0 bridgehead atoms. The van der Waals surface area contributed by atoms with E-state index in [-0.39, 0.29) is 5.92 Å². The topological polar surface area (TPSA) is 23.8 Å². The van der Waals surface area contributed by atoms with Crippen molar-refractivity contribution in [1.29, 1.82) is 5.26 Å². The number of nitriles is 1. The molecule has 0 saturated carbocycles. The van der Waals surface area contributed by atoms with Gasteiger partial charge in [-0.25, -0.2) is 0 Å². The van der Waals surface area contributed by atoms with E-state index in [1.807, 2.05) is 6.07 Å². The zero-order valence-corrected chi connectivity index (χ0v) is 10.3. The van der Waals surface area contributed by atoms with Gasteiger partial charge in [-0.15, -0.1) is 0 Å². The van der Waals surface area contributed by atoms with E-state index in [4.69, 9.17) is 28.5 Å². The highest BCUT2D eigenvalue weighted by molar-refractivity contribution is 6.42. The maximum Gasteiger partial charge on any atom is 0.0738 e. The molecule has 1 rings (SSSR count). The van der Waals surface area contributed by atoms with E-state index < -0.39 is 0 Å². The summed E-state index contributed by atoms with van der Waals surface area (Å²) in [5.74, 6) is 0.219. The Bertz CT molecular complexity index is 382. The molecule has 0 fully saturated rings. The third-order valence-electron chi connectivity index (χ3n) is 2.65. The van der Waals surface area contributed by atoms with Gasteiger partial charge in [0.05, 0.1) is 22.0 Å². The van der Waals surface area contributed by atoms with Gasteiger partial charge in [0.2, 0.25) is 0 Å². The van der Waals surface area contributed by atoms with Gasteiger partial charge in [0, 0.05) is 0 Å². The molecule has 1 aromatic rings. The van der Waals surface area contributed by atoms with E-state index in [0.29, 0.717) is 16.0 Å². The van der Waals surface area contributed by atoms with Gasteiger partial charge in [-0.1, -0.05) is 49.5 Å². The van der Waals surface area contributed by atoms with E-state index in [1.165, 1.54) is 0 Å². The maximum absolute atomic E-state index is 9.12. The summed E-state index contributed by atoms with van der Waals surface area (Å²) in [5, 5.41) is 10.2. The zero-order chi connectivity index (χ0) is 11.4. The van der Waals surface area contributed by atoms with Crippen LogP contribution in [0.25, 0.3) is 0 Å². The van der Waals surface area contributed by atoms with Gasteiger partial charge < -0.3 is 0 Å². The normalized spacial score (nSPS) is 14.3. The smallest absolute Gasteiger partial charge is 0.0738 e. The van der Waals surface area contributed by atoms with Gasteiger partial charge >= 0.3 is 0 Å². The van der Waals surface area contributed by atoms with Gasteiger partial charge in [0.15, 0.2) is 0 Å². The fraction of sp³-hybridized carbons (Fsp3) is 0.417. The second-order valence-electron chi connectivity index (χ2n) is 3.67. The van der Waals surface area contributed by atoms with E-state index in [0.717, 1.165) is 12.0 Å². The van der Waals surface area contributed by atoms with Crippen molar-refractivity contribution in [2.24, 2.45) is 5.92 Å². The summed E-state index contributed by atoms with van der Waals surface area (Å²) < 4.78 is 0. The Morgan fingerprint density at radius 2 is 2.00 bits per heavy atom. The molecule has 0 aliphatic heterocycles. The fourth-order valence-corrected chi connectivity index (χ4v) is 1.78. The first-order valence-corrected chi connectivity index (χ1v) is 5.70. The summed E-state index contributed by atoms with van der Waals surface area (Å²) in [6, 6.07) is 7.71. The molecule has 0 radical (unpaired) electrons. The average Bonchev–Trinajstić information content (AvgIpc) is 2.24. The number of nitrogens with zero attached hydrogens (tertiary/aromatic N) is 1. The van der Waals surface area contributed by atoms with E-state index in [1.54, 1.807) is 12.1 Å². The van der Waals surface area contributed by atoms with Gasteiger partial charge in [-0.3, -0.25) is 0 Å². The monoisotopic (exact) mass is 241 g/mol. The number of halogens is 2. The standard InChI is InChI=1S/C12H13Cl2N/c1-3-8(2)10(7-15)9-4-5-11(13)12(14)6-9/h4-6,8,10H,3H2,1-2H3. The van der Waals surface area contributed by atoms with Crippen LogP contribution in [0.3, 0.4) is 0 Å². The third kappa shape index (κ3) is 2.87. The highest BCUT2D eigenvalue weighted by Crippen LogP contribution is 2.31. The van der Waals surface area contributed by atoms with Gasteiger partial charge in [-0.05, 0) is 23.6 Å². The van der Waals surface area contributed by atoms with Crippen molar-refractivity contribution in [3.8, 4) is 6.07 Å². The second-order valence-corrected chi connectivity index (χ2v) is 4.48. The highest BCUT2D eigenvalue weighted by Gasteiger charge is 2.17. The molecule has 2 atom stereocenters. The maximum atomic E-state index is 9.12. The van der Waals surface area contributed by atoms with Crippen LogP contribution in [0, 0.1) is 17.2 Å². The Balaban J connectivity index is 3.04. The first-order valence-electron chi connectivity index (χ1n) is 4.94. The number of benzene rings is 1. The molecule has 0 aliphatic rings. The Morgan fingerprint density at radius 1 is 1.33 bits per heavy atom. The van der Waals surface area contributed by atoms with Gasteiger partial charge in [-0.2, -0.15) is 5.26 Å². The van der Waals surface area contributed by atoms with Crippen LogP contribution in [0.5, 0.6) is 0 Å². The van der Waals surface area contributed by atoms with E-state index in [2.05, 4.69) is 19.9 Å². The second kappa shape index (κ2) is 5.39. The van der Waals surface area contributed by atoms with Crippen LogP contribution in [-0.4, -0.2) is 0 Å². The molecule has 2 unspecified atom stereocenters. The van der Waals surface area contributed by atoms with Crippen LogP contribution in [-0.2, 0) is 0 Å². The van der Waals surface area contributed by atoms with Crippen molar-refractivity contribution in [2.45, 2.75) is 26.2 Å². The van der Waals surface area contributed by atoms with Crippen molar-refractivity contribution in [3.63, 3.8) is 0 Å². The summed E-state index contributed by atoms with van der Waals surface area (Å²) in [4.78, 5) is 0. The molecular weight excluding hydrogens is 229 g/mol. The predicted molar refractivity (Wildman–Crippen MR) is 64.3 cm³/mol. The molecule has 0 saturated heterocycles. The molecular formula is C12H13Cl2N. The Hall–Kier alpha value is -0.710. The van der Waals surface area contributed by atoms with E-state index >= 15 is 0 Å². The minimum atomic E-state index is -0.107. The molecule has 0 aromatic heterocycles. The van der Waals surface area contributed by atoms with Crippen molar-refractivity contribution >= 4 is 23.2 Å². The molecule has 1 nitrogen and oxygen atoms in total. The number of rotatable bonds is 3. The van der Waals surface area contributed by atoms with Crippen molar-refractivity contribution in [1.82, 2.24) is 0 Å². The summed E-state index contributed by atoms with van der Waals surface area (Å²) in [5.41, 5.74) is 0.946. The molecule has 3 heteroatoms. The predicted octanol–water partition coefficient (Wildman–Crippen LogP) is 4.65. The van der Waals surface area contributed by atoms with Crippen LogP contribution in [0.2, 0.25) is 10.0 Å². The summed E-state index contributed by atoms with van der Waals surface area (Å²) in [6.45, 7) is 4.14. The van der Waals surface area contributed by atoms with Gasteiger partial charge in [0.25, 0.3) is 0 Å². The summed E-state index contributed by atoms with van der Waals surface area (Å²) in [7, 11) is 0. The minimum absolute atomic E-state index is 0.107. The van der Waals surface area contributed by atoms with Crippen molar-refractivity contribution in [3.05, 3.63) is 33.8 Å². The Morgan fingerprint density at radius 3 is 2.47 bits per heavy atom.